The van der Waals surface area contributed by atoms with E-state index in [-0.39, 0.29) is 30.9 Å². The molecule has 0 heterocycles. The quantitative estimate of drug-likeness (QED) is 0.694. The first-order valence-electron chi connectivity index (χ1n) is 9.52. The third-order valence-electron chi connectivity index (χ3n) is 4.61. The van der Waals surface area contributed by atoms with E-state index in [0.29, 0.717) is 11.3 Å². The molecule has 2 atom stereocenters. The van der Waals surface area contributed by atoms with Crippen LogP contribution < -0.4 is 10.1 Å². The topological polar surface area (TPSA) is 58.6 Å². The van der Waals surface area contributed by atoms with Gasteiger partial charge in [0.2, 0.25) is 5.91 Å². The van der Waals surface area contributed by atoms with E-state index in [1.165, 1.54) is 41.3 Å². The molecule has 5 nitrogen and oxygen atoms in total. The fourth-order valence-corrected chi connectivity index (χ4v) is 2.59. The molecule has 1 N–H and O–H groups in total. The number of benzene rings is 2. The third-order valence-corrected chi connectivity index (χ3v) is 4.61. The molecule has 2 amide bonds. The standard InChI is InChI=1S/C22H26F2N2O3/c1-4-15(2)25-22(28)16(3)26(13-17-5-7-18(23)8-6-17)21(27)14-29-20-11-9-19(24)10-12-20/h5-12,15-16H,4,13-14H2,1-3H3,(H,25,28)/t15-,16+/m1/s1. The predicted molar refractivity (Wildman–Crippen MR) is 106 cm³/mol. The lowest BCUT2D eigenvalue weighted by Crippen LogP contribution is -2.50. The summed E-state index contributed by atoms with van der Waals surface area (Å²) >= 11 is 0. The summed E-state index contributed by atoms with van der Waals surface area (Å²) in [6.45, 7) is 5.29. The third kappa shape index (κ3) is 6.85. The van der Waals surface area contributed by atoms with E-state index >= 15 is 0 Å². The van der Waals surface area contributed by atoms with Crippen LogP contribution in [0, 0.1) is 11.6 Å². The summed E-state index contributed by atoms with van der Waals surface area (Å²) in [7, 11) is 0. The fraction of sp³-hybridized carbons (Fsp3) is 0.364. The van der Waals surface area contributed by atoms with Crippen molar-refractivity contribution in [3.8, 4) is 5.75 Å². The molecular formula is C22H26F2N2O3. The van der Waals surface area contributed by atoms with Crippen molar-refractivity contribution < 1.29 is 23.1 Å². The van der Waals surface area contributed by atoms with Gasteiger partial charge in [0.25, 0.3) is 5.91 Å². The van der Waals surface area contributed by atoms with Gasteiger partial charge in [0.05, 0.1) is 0 Å². The van der Waals surface area contributed by atoms with Gasteiger partial charge in [0.1, 0.15) is 23.4 Å². The van der Waals surface area contributed by atoms with Crippen LogP contribution in [-0.2, 0) is 16.1 Å². The van der Waals surface area contributed by atoms with Crippen LogP contribution >= 0.6 is 0 Å². The number of carbonyl (C=O) groups excluding carboxylic acids is 2. The number of nitrogens with one attached hydrogen (secondary N) is 1. The van der Waals surface area contributed by atoms with Crippen LogP contribution in [0.5, 0.6) is 5.75 Å². The molecule has 0 spiro atoms. The molecule has 0 saturated carbocycles. The Hall–Kier alpha value is -2.96. The van der Waals surface area contributed by atoms with Crippen molar-refractivity contribution in [3.05, 3.63) is 65.7 Å². The molecule has 156 valence electrons. The van der Waals surface area contributed by atoms with Gasteiger partial charge in [0.15, 0.2) is 6.61 Å². The van der Waals surface area contributed by atoms with E-state index < -0.39 is 17.8 Å². The lowest BCUT2D eigenvalue weighted by molar-refractivity contribution is -0.142. The van der Waals surface area contributed by atoms with Gasteiger partial charge < -0.3 is 15.0 Å². The fourth-order valence-electron chi connectivity index (χ4n) is 2.59. The highest BCUT2D eigenvalue weighted by molar-refractivity contribution is 5.88. The molecule has 0 aliphatic rings. The second-order valence-corrected chi connectivity index (χ2v) is 6.88. The van der Waals surface area contributed by atoms with Crippen molar-refractivity contribution in [2.24, 2.45) is 0 Å². The molecule has 0 bridgehead atoms. The molecule has 0 radical (unpaired) electrons. The van der Waals surface area contributed by atoms with Crippen LogP contribution in [0.4, 0.5) is 8.78 Å². The van der Waals surface area contributed by atoms with Crippen molar-refractivity contribution in [3.63, 3.8) is 0 Å². The highest BCUT2D eigenvalue weighted by atomic mass is 19.1. The summed E-state index contributed by atoms with van der Waals surface area (Å²) in [6.07, 6.45) is 0.762. The second-order valence-electron chi connectivity index (χ2n) is 6.88. The normalized spacial score (nSPS) is 12.7. The molecule has 2 rings (SSSR count). The highest BCUT2D eigenvalue weighted by Gasteiger charge is 2.27. The Morgan fingerprint density at radius 3 is 2.10 bits per heavy atom. The maximum Gasteiger partial charge on any atom is 0.261 e. The molecule has 29 heavy (non-hydrogen) atoms. The number of rotatable bonds is 9. The summed E-state index contributed by atoms with van der Waals surface area (Å²) in [4.78, 5) is 26.8. The molecule has 0 unspecified atom stereocenters. The van der Waals surface area contributed by atoms with E-state index in [1.54, 1.807) is 19.1 Å². The maximum absolute atomic E-state index is 13.2. The minimum atomic E-state index is -0.752. The number of nitrogens with zero attached hydrogens (tertiary/aromatic N) is 1. The van der Waals surface area contributed by atoms with Crippen molar-refractivity contribution in [1.82, 2.24) is 10.2 Å². The number of ether oxygens (including phenoxy) is 1. The molecular weight excluding hydrogens is 378 g/mol. The minimum Gasteiger partial charge on any atom is -0.484 e. The first-order chi connectivity index (χ1) is 13.8. The number of hydrogen-bond acceptors (Lipinski definition) is 3. The van der Waals surface area contributed by atoms with E-state index in [1.807, 2.05) is 13.8 Å². The van der Waals surface area contributed by atoms with Gasteiger partial charge in [-0.15, -0.1) is 0 Å². The van der Waals surface area contributed by atoms with E-state index in [4.69, 9.17) is 4.74 Å². The van der Waals surface area contributed by atoms with Crippen LogP contribution in [-0.4, -0.2) is 35.4 Å². The molecule has 0 aliphatic heterocycles. The molecule has 0 saturated heterocycles. The van der Waals surface area contributed by atoms with Crippen LogP contribution in [0.15, 0.2) is 48.5 Å². The zero-order chi connectivity index (χ0) is 21.4. The van der Waals surface area contributed by atoms with Gasteiger partial charge in [-0.1, -0.05) is 19.1 Å². The van der Waals surface area contributed by atoms with Gasteiger partial charge in [-0.25, -0.2) is 8.78 Å². The molecule has 2 aromatic carbocycles. The first kappa shape index (κ1) is 22.3. The van der Waals surface area contributed by atoms with E-state index in [0.717, 1.165) is 6.42 Å². The Kier molecular flexibility index (Phi) is 8.12. The van der Waals surface area contributed by atoms with E-state index in [2.05, 4.69) is 5.32 Å². The summed E-state index contributed by atoms with van der Waals surface area (Å²) < 4.78 is 31.7. The number of carbonyl (C=O) groups is 2. The molecule has 0 aliphatic carbocycles. The van der Waals surface area contributed by atoms with Crippen LogP contribution in [0.2, 0.25) is 0 Å². The van der Waals surface area contributed by atoms with Crippen molar-refractivity contribution in [2.75, 3.05) is 6.61 Å². The van der Waals surface area contributed by atoms with Crippen molar-refractivity contribution >= 4 is 11.8 Å². The predicted octanol–water partition coefficient (Wildman–Crippen LogP) is 3.68. The summed E-state index contributed by atoms with van der Waals surface area (Å²) in [5.74, 6) is -1.13. The maximum atomic E-state index is 13.2. The largest absolute Gasteiger partial charge is 0.484 e. The van der Waals surface area contributed by atoms with Crippen LogP contribution in [0.3, 0.4) is 0 Å². The zero-order valence-electron chi connectivity index (χ0n) is 16.8. The Bertz CT molecular complexity index is 810. The monoisotopic (exact) mass is 404 g/mol. The van der Waals surface area contributed by atoms with Gasteiger partial charge in [0, 0.05) is 12.6 Å². The van der Waals surface area contributed by atoms with Gasteiger partial charge >= 0.3 is 0 Å². The molecule has 0 aromatic heterocycles. The summed E-state index contributed by atoms with van der Waals surface area (Å²) in [5.41, 5.74) is 0.685. The molecule has 0 fully saturated rings. The van der Waals surface area contributed by atoms with Crippen LogP contribution in [0.1, 0.15) is 32.8 Å². The Morgan fingerprint density at radius 2 is 1.55 bits per heavy atom. The van der Waals surface area contributed by atoms with Crippen molar-refractivity contribution in [1.29, 1.82) is 0 Å². The van der Waals surface area contributed by atoms with Gasteiger partial charge in [-0.3, -0.25) is 9.59 Å². The first-order valence-corrected chi connectivity index (χ1v) is 9.52. The Balaban J connectivity index is 2.13. The van der Waals surface area contributed by atoms with Crippen molar-refractivity contribution in [2.45, 2.75) is 45.8 Å². The SMILES string of the molecule is CC[C@@H](C)NC(=O)[C@H](C)N(Cc1ccc(F)cc1)C(=O)COc1ccc(F)cc1. The van der Waals surface area contributed by atoms with Crippen LogP contribution in [0.25, 0.3) is 0 Å². The van der Waals surface area contributed by atoms with Gasteiger partial charge in [-0.2, -0.15) is 0 Å². The Morgan fingerprint density at radius 1 is 1.00 bits per heavy atom. The van der Waals surface area contributed by atoms with Gasteiger partial charge in [-0.05, 0) is 62.2 Å². The average Bonchev–Trinajstić information content (AvgIpc) is 2.72. The lowest BCUT2D eigenvalue weighted by atomic mass is 10.1. The lowest BCUT2D eigenvalue weighted by Gasteiger charge is -2.29. The summed E-state index contributed by atoms with van der Waals surface area (Å²) in [5, 5.41) is 2.86. The molecule has 2 aromatic rings. The number of hydrogen-bond donors (Lipinski definition) is 1. The molecule has 7 heteroatoms. The second kappa shape index (κ2) is 10.5. The Labute approximate surface area is 169 Å². The average molecular weight is 404 g/mol. The minimum absolute atomic E-state index is 0.0248. The zero-order valence-corrected chi connectivity index (χ0v) is 16.8. The van der Waals surface area contributed by atoms with E-state index in [9.17, 15) is 18.4 Å². The summed E-state index contributed by atoms with van der Waals surface area (Å²) in [6, 6.07) is 10.3. The number of halogens is 2. The number of amides is 2. The highest BCUT2D eigenvalue weighted by Crippen LogP contribution is 2.14. The smallest absolute Gasteiger partial charge is 0.261 e.